The van der Waals surface area contributed by atoms with E-state index in [4.69, 9.17) is 5.26 Å². The predicted octanol–water partition coefficient (Wildman–Crippen LogP) is 4.63. The lowest BCUT2D eigenvalue weighted by atomic mass is 9.85. The quantitative estimate of drug-likeness (QED) is 0.765. The van der Waals surface area contributed by atoms with Crippen LogP contribution in [0.1, 0.15) is 45.2 Å². The lowest BCUT2D eigenvalue weighted by Gasteiger charge is -2.21. The molecule has 0 atom stereocenters. The van der Waals surface area contributed by atoms with Crippen LogP contribution in [0.4, 0.5) is 8.78 Å². The molecule has 0 saturated heterocycles. The highest BCUT2D eigenvalue weighted by molar-refractivity contribution is 5.34. The van der Waals surface area contributed by atoms with E-state index in [0.717, 1.165) is 5.56 Å². The molecule has 0 saturated carbocycles. The summed E-state index contributed by atoms with van der Waals surface area (Å²) >= 11 is 0. The van der Waals surface area contributed by atoms with Gasteiger partial charge in [-0.3, -0.25) is 0 Å². The summed E-state index contributed by atoms with van der Waals surface area (Å²) in [4.78, 5) is 0. The number of hydrogen-bond donors (Lipinski definition) is 0. The minimum Gasteiger partial charge on any atom is -0.201 e. The minimum absolute atomic E-state index is 0.0219. The fourth-order valence-electron chi connectivity index (χ4n) is 1.83. The van der Waals surface area contributed by atoms with E-state index < -0.39 is 11.3 Å². The van der Waals surface area contributed by atoms with Gasteiger partial charge in [-0.15, -0.1) is 0 Å². The molecular weight excluding hydrogens is 232 g/mol. The molecule has 0 amide bonds. The van der Waals surface area contributed by atoms with Gasteiger partial charge in [-0.2, -0.15) is 5.26 Å². The van der Waals surface area contributed by atoms with Crippen LogP contribution in [-0.4, -0.2) is 0 Å². The van der Waals surface area contributed by atoms with Crippen molar-refractivity contribution in [1.82, 2.24) is 0 Å². The molecule has 0 N–H and O–H groups in total. The van der Waals surface area contributed by atoms with Gasteiger partial charge < -0.3 is 0 Å². The van der Waals surface area contributed by atoms with Crippen LogP contribution in [0, 0.1) is 17.2 Å². The van der Waals surface area contributed by atoms with Gasteiger partial charge in [0.1, 0.15) is 0 Å². The molecule has 3 heteroatoms. The van der Waals surface area contributed by atoms with Gasteiger partial charge in [0.25, 0.3) is 5.92 Å². The van der Waals surface area contributed by atoms with Crippen LogP contribution in [0.5, 0.6) is 0 Å². The summed E-state index contributed by atoms with van der Waals surface area (Å²) in [7, 11) is 0. The summed E-state index contributed by atoms with van der Waals surface area (Å²) in [5, 5.41) is 9.00. The van der Waals surface area contributed by atoms with Crippen molar-refractivity contribution in [3.63, 3.8) is 0 Å². The largest absolute Gasteiger partial charge is 0.273 e. The molecule has 1 nitrogen and oxygen atoms in total. The van der Waals surface area contributed by atoms with Crippen molar-refractivity contribution in [2.24, 2.45) is 5.92 Å². The van der Waals surface area contributed by atoms with Gasteiger partial charge in [-0.25, -0.2) is 8.78 Å². The Morgan fingerprint density at radius 3 is 1.94 bits per heavy atom. The molecule has 0 unspecified atom stereocenters. The summed E-state index contributed by atoms with van der Waals surface area (Å²) < 4.78 is 27.7. The fraction of sp³-hybridized carbons (Fsp3) is 0.533. The number of halogens is 2. The molecule has 0 aliphatic rings. The van der Waals surface area contributed by atoms with E-state index >= 15 is 0 Å². The zero-order valence-corrected chi connectivity index (χ0v) is 11.3. The normalized spacial score (nSPS) is 12.6. The second-order valence-electron chi connectivity index (χ2n) is 5.62. The van der Waals surface area contributed by atoms with Gasteiger partial charge in [-0.05, 0) is 25.3 Å². The molecule has 0 aromatic heterocycles. The van der Waals surface area contributed by atoms with E-state index in [0.29, 0.717) is 0 Å². The molecule has 0 radical (unpaired) electrons. The first-order valence-electron chi connectivity index (χ1n) is 6.09. The van der Waals surface area contributed by atoms with Crippen LogP contribution >= 0.6 is 0 Å². The van der Waals surface area contributed by atoms with Gasteiger partial charge in [-0.1, -0.05) is 38.1 Å². The first-order valence-corrected chi connectivity index (χ1v) is 6.09. The average molecular weight is 251 g/mol. The Kier molecular flexibility index (Phi) is 4.11. The van der Waals surface area contributed by atoms with Crippen LogP contribution in [0.25, 0.3) is 0 Å². The van der Waals surface area contributed by atoms with Crippen LogP contribution in [-0.2, 0) is 11.3 Å². The van der Waals surface area contributed by atoms with Crippen molar-refractivity contribution in [3.05, 3.63) is 35.4 Å². The van der Waals surface area contributed by atoms with Gasteiger partial charge in [0.05, 0.1) is 11.5 Å². The number of nitrogens with zero attached hydrogens (tertiary/aromatic N) is 1. The molecule has 0 aliphatic carbocycles. The van der Waals surface area contributed by atoms with E-state index in [1.807, 2.05) is 0 Å². The van der Waals surface area contributed by atoms with Crippen LogP contribution in [0.15, 0.2) is 24.3 Å². The van der Waals surface area contributed by atoms with Crippen molar-refractivity contribution < 1.29 is 8.78 Å². The van der Waals surface area contributed by atoms with Gasteiger partial charge >= 0.3 is 0 Å². The van der Waals surface area contributed by atoms with E-state index in [9.17, 15) is 8.78 Å². The SMILES string of the molecule is CC(C)CC(F)(F)c1ccc(C(C)(C)C#N)cc1. The molecule has 0 aliphatic heterocycles. The minimum atomic E-state index is -2.80. The maximum Gasteiger partial charge on any atom is 0.273 e. The molecule has 0 spiro atoms. The molecular formula is C15H19F2N. The zero-order chi connectivity index (χ0) is 14.0. The monoisotopic (exact) mass is 251 g/mol. The first kappa shape index (κ1) is 14.6. The van der Waals surface area contributed by atoms with Crippen molar-refractivity contribution in [2.75, 3.05) is 0 Å². The summed E-state index contributed by atoms with van der Waals surface area (Å²) in [6.45, 7) is 7.10. The highest BCUT2D eigenvalue weighted by atomic mass is 19.3. The Labute approximate surface area is 107 Å². The maximum atomic E-state index is 13.9. The lowest BCUT2D eigenvalue weighted by molar-refractivity contribution is -0.0249. The maximum absolute atomic E-state index is 13.9. The number of nitriles is 1. The summed E-state index contributed by atoms with van der Waals surface area (Å²) in [6.07, 6.45) is -0.159. The van der Waals surface area contributed by atoms with Crippen LogP contribution in [0.3, 0.4) is 0 Å². The Bertz CT molecular complexity index is 439. The first-order chi connectivity index (χ1) is 8.19. The highest BCUT2D eigenvalue weighted by Crippen LogP contribution is 2.35. The third kappa shape index (κ3) is 3.29. The predicted molar refractivity (Wildman–Crippen MR) is 68.4 cm³/mol. The van der Waals surface area contributed by atoms with E-state index in [1.165, 1.54) is 12.1 Å². The molecule has 0 heterocycles. The second kappa shape index (κ2) is 5.06. The molecule has 1 aromatic rings. The number of benzene rings is 1. The molecule has 0 bridgehead atoms. The van der Waals surface area contributed by atoms with Crippen LogP contribution < -0.4 is 0 Å². The highest BCUT2D eigenvalue weighted by Gasteiger charge is 2.32. The summed E-state index contributed by atoms with van der Waals surface area (Å²) in [5.41, 5.74) is 0.133. The third-order valence-corrected chi connectivity index (χ3v) is 2.97. The molecule has 18 heavy (non-hydrogen) atoms. The summed E-state index contributed by atoms with van der Waals surface area (Å²) in [5.74, 6) is -2.86. The standard InChI is InChI=1S/C15H19F2N/c1-11(2)9-15(16,17)13-7-5-12(6-8-13)14(3,4)10-18/h5-8,11H,9H2,1-4H3. The van der Waals surface area contributed by atoms with E-state index in [-0.39, 0.29) is 17.9 Å². The van der Waals surface area contributed by atoms with Gasteiger partial charge in [0.15, 0.2) is 0 Å². The molecule has 0 fully saturated rings. The summed E-state index contributed by atoms with van der Waals surface area (Å²) in [6, 6.07) is 8.25. The topological polar surface area (TPSA) is 23.8 Å². The van der Waals surface area contributed by atoms with Crippen molar-refractivity contribution in [1.29, 1.82) is 5.26 Å². The number of hydrogen-bond acceptors (Lipinski definition) is 1. The molecule has 1 aromatic carbocycles. The Morgan fingerprint density at radius 2 is 1.56 bits per heavy atom. The van der Waals surface area contributed by atoms with Gasteiger partial charge in [0.2, 0.25) is 0 Å². The zero-order valence-electron chi connectivity index (χ0n) is 11.3. The average Bonchev–Trinajstić information content (AvgIpc) is 2.27. The Morgan fingerprint density at radius 1 is 1.11 bits per heavy atom. The smallest absolute Gasteiger partial charge is 0.201 e. The second-order valence-corrected chi connectivity index (χ2v) is 5.62. The third-order valence-electron chi connectivity index (χ3n) is 2.97. The molecule has 98 valence electrons. The van der Waals surface area contributed by atoms with Crippen molar-refractivity contribution in [2.45, 2.75) is 45.5 Å². The Balaban J connectivity index is 3.00. The molecule has 1 rings (SSSR count). The van der Waals surface area contributed by atoms with Gasteiger partial charge in [0, 0.05) is 12.0 Å². The number of rotatable bonds is 4. The van der Waals surface area contributed by atoms with E-state index in [1.54, 1.807) is 39.8 Å². The van der Waals surface area contributed by atoms with Crippen molar-refractivity contribution in [3.8, 4) is 6.07 Å². The fourth-order valence-corrected chi connectivity index (χ4v) is 1.83. The lowest BCUT2D eigenvalue weighted by Crippen LogP contribution is -2.18. The van der Waals surface area contributed by atoms with E-state index in [2.05, 4.69) is 6.07 Å². The number of alkyl halides is 2. The van der Waals surface area contributed by atoms with Crippen molar-refractivity contribution >= 4 is 0 Å². The van der Waals surface area contributed by atoms with Crippen LogP contribution in [0.2, 0.25) is 0 Å². The Hall–Kier alpha value is -1.43.